The summed E-state index contributed by atoms with van der Waals surface area (Å²) in [5, 5.41) is 14.4. The Morgan fingerprint density at radius 3 is 2.14 bits per heavy atom. The van der Waals surface area contributed by atoms with Gasteiger partial charge in [0.1, 0.15) is 11.7 Å². The van der Waals surface area contributed by atoms with Crippen LogP contribution in [-0.4, -0.2) is 28.9 Å². The molecule has 6 nitrogen and oxygen atoms in total. The van der Waals surface area contributed by atoms with E-state index < -0.39 is 23.8 Å². The third-order valence-electron chi connectivity index (χ3n) is 3.93. The highest BCUT2D eigenvalue weighted by Crippen LogP contribution is 2.12. The number of carboxylic acids is 1. The average molecular weight is 445 g/mol. The predicted octanol–water partition coefficient (Wildman–Crippen LogP) is 3.45. The Balaban J connectivity index is 2.30. The fourth-order valence-corrected chi connectivity index (χ4v) is 2.67. The van der Waals surface area contributed by atoms with Crippen molar-refractivity contribution in [1.29, 1.82) is 0 Å². The van der Waals surface area contributed by atoms with Gasteiger partial charge in [-0.1, -0.05) is 60.1 Å². The van der Waals surface area contributed by atoms with Gasteiger partial charge < -0.3 is 15.7 Å². The Hall–Kier alpha value is -2.93. The molecule has 146 valence electrons. The summed E-state index contributed by atoms with van der Waals surface area (Å²) >= 11 is 3.30. The normalized spacial score (nSPS) is 12.4. The van der Waals surface area contributed by atoms with Gasteiger partial charge in [0.2, 0.25) is 0 Å². The van der Waals surface area contributed by atoms with Crippen molar-refractivity contribution >= 4 is 39.8 Å². The summed E-state index contributed by atoms with van der Waals surface area (Å²) in [6.45, 7) is 3.39. The molecule has 1 atom stereocenters. The van der Waals surface area contributed by atoms with E-state index >= 15 is 0 Å². The van der Waals surface area contributed by atoms with Crippen molar-refractivity contribution in [3.8, 4) is 0 Å². The Morgan fingerprint density at radius 2 is 1.61 bits per heavy atom. The van der Waals surface area contributed by atoms with Gasteiger partial charge in [-0.3, -0.25) is 9.59 Å². The van der Waals surface area contributed by atoms with E-state index in [1.54, 1.807) is 62.4 Å². The first-order valence-electron chi connectivity index (χ1n) is 8.65. The second kappa shape index (κ2) is 9.85. The molecule has 0 spiro atoms. The highest BCUT2D eigenvalue weighted by Gasteiger charge is 2.25. The van der Waals surface area contributed by atoms with Gasteiger partial charge in [0.25, 0.3) is 11.8 Å². The number of carboxylic acid groups (broad SMARTS) is 1. The first-order chi connectivity index (χ1) is 13.3. The second-order valence-corrected chi connectivity index (χ2v) is 7.38. The van der Waals surface area contributed by atoms with Crippen LogP contribution < -0.4 is 10.6 Å². The number of halogens is 1. The molecule has 0 saturated heterocycles. The number of benzene rings is 2. The highest BCUT2D eigenvalue weighted by molar-refractivity contribution is 9.10. The SMILES string of the molecule is CC(C)C(NC(=O)/C(=C/c1ccccc1)NC(=O)c1ccc(Br)cc1)C(=O)O. The molecule has 28 heavy (non-hydrogen) atoms. The molecule has 2 rings (SSSR count). The van der Waals surface area contributed by atoms with Crippen LogP contribution in [0, 0.1) is 5.92 Å². The minimum absolute atomic E-state index is 0.0361. The maximum absolute atomic E-state index is 12.7. The zero-order valence-electron chi connectivity index (χ0n) is 15.5. The molecular formula is C21H21BrN2O4. The van der Waals surface area contributed by atoms with Crippen LogP contribution in [0.4, 0.5) is 0 Å². The number of nitrogens with one attached hydrogen (secondary N) is 2. The van der Waals surface area contributed by atoms with E-state index in [0.717, 1.165) is 4.47 Å². The number of carbonyl (C=O) groups excluding carboxylic acids is 2. The largest absolute Gasteiger partial charge is 0.480 e. The fraction of sp³-hybridized carbons (Fsp3) is 0.190. The molecule has 7 heteroatoms. The number of hydrogen-bond donors (Lipinski definition) is 3. The van der Waals surface area contributed by atoms with Crippen molar-refractivity contribution < 1.29 is 19.5 Å². The third-order valence-corrected chi connectivity index (χ3v) is 4.46. The number of aliphatic carboxylic acids is 1. The lowest BCUT2D eigenvalue weighted by molar-refractivity contribution is -0.142. The summed E-state index contributed by atoms with van der Waals surface area (Å²) in [4.78, 5) is 36.7. The lowest BCUT2D eigenvalue weighted by atomic mass is 10.0. The molecule has 0 aromatic heterocycles. The first-order valence-corrected chi connectivity index (χ1v) is 9.44. The molecule has 0 bridgehead atoms. The van der Waals surface area contributed by atoms with Crippen LogP contribution in [0.5, 0.6) is 0 Å². The van der Waals surface area contributed by atoms with Gasteiger partial charge in [-0.25, -0.2) is 4.79 Å². The lowest BCUT2D eigenvalue weighted by Crippen LogP contribution is -2.47. The quantitative estimate of drug-likeness (QED) is 0.569. The average Bonchev–Trinajstić information content (AvgIpc) is 2.66. The van der Waals surface area contributed by atoms with E-state index in [9.17, 15) is 19.5 Å². The zero-order chi connectivity index (χ0) is 20.7. The van der Waals surface area contributed by atoms with Gasteiger partial charge in [-0.05, 0) is 41.8 Å². The van der Waals surface area contributed by atoms with E-state index in [-0.39, 0.29) is 11.6 Å². The molecule has 0 radical (unpaired) electrons. The third kappa shape index (κ3) is 6.06. The van der Waals surface area contributed by atoms with Gasteiger partial charge in [0.15, 0.2) is 0 Å². The van der Waals surface area contributed by atoms with Crippen molar-refractivity contribution in [3.05, 3.63) is 75.9 Å². The molecule has 0 aliphatic heterocycles. The van der Waals surface area contributed by atoms with Crippen LogP contribution in [0.25, 0.3) is 6.08 Å². The molecule has 0 heterocycles. The monoisotopic (exact) mass is 444 g/mol. The summed E-state index contributed by atoms with van der Waals surface area (Å²) in [5.41, 5.74) is 1.03. The molecular weight excluding hydrogens is 424 g/mol. The number of rotatable bonds is 7. The van der Waals surface area contributed by atoms with Crippen molar-refractivity contribution in [2.45, 2.75) is 19.9 Å². The molecule has 3 N–H and O–H groups in total. The van der Waals surface area contributed by atoms with E-state index in [4.69, 9.17) is 0 Å². The van der Waals surface area contributed by atoms with Crippen molar-refractivity contribution in [2.24, 2.45) is 5.92 Å². The minimum atomic E-state index is -1.14. The topological polar surface area (TPSA) is 95.5 Å². The van der Waals surface area contributed by atoms with Crippen LogP contribution in [0.2, 0.25) is 0 Å². The van der Waals surface area contributed by atoms with Gasteiger partial charge in [0, 0.05) is 10.0 Å². The standard InChI is InChI=1S/C21H21BrN2O4/c1-13(2)18(21(27)28)24-20(26)17(12-14-6-4-3-5-7-14)23-19(25)15-8-10-16(22)11-9-15/h3-13,18H,1-2H3,(H,23,25)(H,24,26)(H,27,28)/b17-12-. The van der Waals surface area contributed by atoms with Crippen molar-refractivity contribution in [3.63, 3.8) is 0 Å². The van der Waals surface area contributed by atoms with E-state index in [1.165, 1.54) is 6.08 Å². The lowest BCUT2D eigenvalue weighted by Gasteiger charge is -2.19. The molecule has 2 aromatic rings. The van der Waals surface area contributed by atoms with Gasteiger partial charge in [0.05, 0.1) is 0 Å². The molecule has 0 aliphatic carbocycles. The molecule has 2 aromatic carbocycles. The predicted molar refractivity (Wildman–Crippen MR) is 110 cm³/mol. The molecule has 1 unspecified atom stereocenters. The Morgan fingerprint density at radius 1 is 1.00 bits per heavy atom. The van der Waals surface area contributed by atoms with Crippen LogP contribution in [0.15, 0.2) is 64.8 Å². The summed E-state index contributed by atoms with van der Waals surface area (Å²) in [5.74, 6) is -2.60. The summed E-state index contributed by atoms with van der Waals surface area (Å²) in [7, 11) is 0. The van der Waals surface area contributed by atoms with Crippen molar-refractivity contribution in [1.82, 2.24) is 10.6 Å². The van der Waals surface area contributed by atoms with Crippen LogP contribution in [0.3, 0.4) is 0 Å². The van der Waals surface area contributed by atoms with Crippen LogP contribution in [0.1, 0.15) is 29.8 Å². The van der Waals surface area contributed by atoms with Gasteiger partial charge in [-0.15, -0.1) is 0 Å². The van der Waals surface area contributed by atoms with Crippen LogP contribution >= 0.6 is 15.9 Å². The Bertz CT molecular complexity index is 877. The minimum Gasteiger partial charge on any atom is -0.480 e. The highest BCUT2D eigenvalue weighted by atomic mass is 79.9. The molecule has 0 aliphatic rings. The van der Waals surface area contributed by atoms with E-state index in [1.807, 2.05) is 6.07 Å². The second-order valence-electron chi connectivity index (χ2n) is 6.46. The smallest absolute Gasteiger partial charge is 0.326 e. The maximum Gasteiger partial charge on any atom is 0.326 e. The zero-order valence-corrected chi connectivity index (χ0v) is 17.1. The Labute approximate surface area is 171 Å². The number of hydrogen-bond acceptors (Lipinski definition) is 3. The summed E-state index contributed by atoms with van der Waals surface area (Å²) in [6, 6.07) is 14.6. The Kier molecular flexibility index (Phi) is 7.52. The number of amides is 2. The van der Waals surface area contributed by atoms with Crippen LogP contribution in [-0.2, 0) is 9.59 Å². The molecule has 0 fully saturated rings. The fourth-order valence-electron chi connectivity index (χ4n) is 2.40. The summed E-state index contributed by atoms with van der Waals surface area (Å²) < 4.78 is 0.822. The number of carbonyl (C=O) groups is 3. The maximum atomic E-state index is 12.7. The van der Waals surface area contributed by atoms with Gasteiger partial charge >= 0.3 is 5.97 Å². The molecule has 2 amide bonds. The van der Waals surface area contributed by atoms with Gasteiger partial charge in [-0.2, -0.15) is 0 Å². The van der Waals surface area contributed by atoms with Crippen molar-refractivity contribution in [2.75, 3.05) is 0 Å². The first kappa shape index (κ1) is 21.4. The van der Waals surface area contributed by atoms with E-state index in [0.29, 0.717) is 11.1 Å². The molecule has 0 saturated carbocycles. The summed E-state index contributed by atoms with van der Waals surface area (Å²) in [6.07, 6.45) is 1.51. The van der Waals surface area contributed by atoms with E-state index in [2.05, 4.69) is 26.6 Å².